The Morgan fingerprint density at radius 1 is 1.36 bits per heavy atom. The van der Waals surface area contributed by atoms with E-state index in [0.29, 0.717) is 25.3 Å². The minimum atomic E-state index is -1.01. The number of carboxylic acid groups (broad SMARTS) is 1. The average Bonchev–Trinajstić information content (AvgIpc) is 2.50. The van der Waals surface area contributed by atoms with Crippen molar-refractivity contribution in [2.75, 3.05) is 13.2 Å². The molecule has 22 heavy (non-hydrogen) atoms. The maximum absolute atomic E-state index is 11.2. The molecule has 6 heteroatoms. The van der Waals surface area contributed by atoms with Crippen molar-refractivity contribution in [1.82, 2.24) is 10.3 Å². The second-order valence-corrected chi connectivity index (χ2v) is 4.68. The monoisotopic (exact) mass is 306 g/mol. The summed E-state index contributed by atoms with van der Waals surface area (Å²) in [6.45, 7) is 2.84. The highest BCUT2D eigenvalue weighted by atomic mass is 16.5. The van der Waals surface area contributed by atoms with Gasteiger partial charge in [-0.05, 0) is 31.9 Å². The molecule has 0 fully saturated rings. The highest BCUT2D eigenvalue weighted by Crippen LogP contribution is 2.10. The molecule has 0 radical (unpaired) electrons. The lowest BCUT2D eigenvalue weighted by molar-refractivity contribution is -0.143. The fourth-order valence-electron chi connectivity index (χ4n) is 1.91. The number of carboxylic acids is 1. The van der Waals surface area contributed by atoms with Crippen molar-refractivity contribution in [3.63, 3.8) is 0 Å². The quantitative estimate of drug-likeness (QED) is 0.391. The van der Waals surface area contributed by atoms with Crippen LogP contribution in [-0.4, -0.2) is 35.2 Å². The number of hydrogen-bond donors (Lipinski definition) is 2. The van der Waals surface area contributed by atoms with Crippen LogP contribution < -0.4 is 5.32 Å². The molecule has 1 rings (SSSR count). The molecule has 0 spiro atoms. The lowest BCUT2D eigenvalue weighted by Gasteiger charge is -2.10. The first-order valence-corrected chi connectivity index (χ1v) is 7.38. The first kappa shape index (κ1) is 17.7. The Bertz CT molecular complexity index is 500. The summed E-state index contributed by atoms with van der Waals surface area (Å²) in [6, 6.07) is 3.56. The average molecular weight is 306 g/mol. The predicted octanol–water partition coefficient (Wildman–Crippen LogP) is 2.22. The first-order valence-electron chi connectivity index (χ1n) is 7.38. The van der Waals surface area contributed by atoms with Crippen LogP contribution in [0.25, 0.3) is 5.70 Å². The second kappa shape index (κ2) is 10.4. The van der Waals surface area contributed by atoms with Crippen LogP contribution in [0.5, 0.6) is 0 Å². The molecule has 1 aromatic heterocycles. The number of rotatable bonds is 10. The van der Waals surface area contributed by atoms with Gasteiger partial charge in [-0.15, -0.1) is 0 Å². The number of pyridine rings is 1. The van der Waals surface area contributed by atoms with Crippen LogP contribution in [0.3, 0.4) is 0 Å². The van der Waals surface area contributed by atoms with Gasteiger partial charge < -0.3 is 15.2 Å². The molecule has 0 aromatic carbocycles. The topological polar surface area (TPSA) is 88.5 Å². The normalized spacial score (nSPS) is 11.0. The molecule has 6 nitrogen and oxygen atoms in total. The molecule has 0 aliphatic heterocycles. The number of aliphatic carboxylic acids is 1. The van der Waals surface area contributed by atoms with Crippen molar-refractivity contribution in [3.05, 3.63) is 36.2 Å². The maximum atomic E-state index is 11.2. The predicted molar refractivity (Wildman–Crippen MR) is 83.0 cm³/mol. The Morgan fingerprint density at radius 3 is 2.82 bits per heavy atom. The van der Waals surface area contributed by atoms with Crippen LogP contribution in [-0.2, 0) is 14.3 Å². The molecule has 0 atom stereocenters. The number of unbranched alkanes of at least 4 members (excludes halogenated alkanes) is 2. The third kappa shape index (κ3) is 7.42. The van der Waals surface area contributed by atoms with Crippen molar-refractivity contribution >= 4 is 17.6 Å². The summed E-state index contributed by atoms with van der Waals surface area (Å²) >= 11 is 0. The van der Waals surface area contributed by atoms with Gasteiger partial charge in [0.1, 0.15) is 0 Å². The van der Waals surface area contributed by atoms with Crippen LogP contribution in [0, 0.1) is 0 Å². The highest BCUT2D eigenvalue weighted by Gasteiger charge is 2.04. The van der Waals surface area contributed by atoms with E-state index in [4.69, 9.17) is 9.84 Å². The van der Waals surface area contributed by atoms with Gasteiger partial charge in [-0.2, -0.15) is 0 Å². The van der Waals surface area contributed by atoms with Crippen LogP contribution in [0.15, 0.2) is 30.6 Å². The number of esters is 1. The second-order valence-electron chi connectivity index (χ2n) is 4.68. The smallest absolute Gasteiger partial charge is 0.330 e. The van der Waals surface area contributed by atoms with Crippen LogP contribution in [0.4, 0.5) is 0 Å². The van der Waals surface area contributed by atoms with E-state index in [0.717, 1.165) is 30.9 Å². The Labute approximate surface area is 130 Å². The first-order chi connectivity index (χ1) is 10.6. The summed E-state index contributed by atoms with van der Waals surface area (Å²) in [6.07, 6.45) is 7.30. The number of nitrogens with zero attached hydrogens (tertiary/aromatic N) is 1. The summed E-state index contributed by atoms with van der Waals surface area (Å²) in [5.41, 5.74) is 1.27. The van der Waals surface area contributed by atoms with E-state index in [1.807, 2.05) is 0 Å². The molecule has 0 bridgehead atoms. The number of aromatic nitrogens is 1. The molecule has 0 amide bonds. The van der Waals surface area contributed by atoms with Gasteiger partial charge >= 0.3 is 11.9 Å². The van der Waals surface area contributed by atoms with E-state index in [1.165, 1.54) is 0 Å². The lowest BCUT2D eigenvalue weighted by atomic mass is 10.1. The molecule has 0 saturated carbocycles. The number of nitrogens with one attached hydrogen (secondary N) is 1. The third-order valence-electron chi connectivity index (χ3n) is 2.92. The molecular formula is C16H22N2O4. The van der Waals surface area contributed by atoms with Gasteiger partial charge in [0, 0.05) is 37.0 Å². The molecule has 2 N–H and O–H groups in total. The van der Waals surface area contributed by atoms with Crippen molar-refractivity contribution in [1.29, 1.82) is 0 Å². The van der Waals surface area contributed by atoms with Gasteiger partial charge in [0.05, 0.1) is 12.3 Å². The molecule has 0 unspecified atom stereocenters. The van der Waals surface area contributed by atoms with Crippen LogP contribution in [0.1, 0.15) is 38.2 Å². The summed E-state index contributed by atoms with van der Waals surface area (Å²) in [5, 5.41) is 12.0. The van der Waals surface area contributed by atoms with Crippen molar-refractivity contribution in [2.45, 2.75) is 32.6 Å². The van der Waals surface area contributed by atoms with Crippen LogP contribution >= 0.6 is 0 Å². The minimum absolute atomic E-state index is 0.169. The molecule has 1 heterocycles. The number of hydrogen-bond acceptors (Lipinski definition) is 5. The van der Waals surface area contributed by atoms with Gasteiger partial charge in [-0.25, -0.2) is 4.79 Å². The van der Waals surface area contributed by atoms with Crippen molar-refractivity contribution < 1.29 is 19.4 Å². The van der Waals surface area contributed by atoms with E-state index in [-0.39, 0.29) is 5.97 Å². The SMILES string of the molecule is CCOC(=O)CCCCCNC(=CC(=O)O)c1cccnc1. The summed E-state index contributed by atoms with van der Waals surface area (Å²) in [4.78, 5) is 26.0. The Balaban J connectivity index is 2.34. The number of carbonyl (C=O) groups excluding carboxylic acids is 1. The van der Waals surface area contributed by atoms with Crippen molar-refractivity contribution in [2.24, 2.45) is 0 Å². The van der Waals surface area contributed by atoms with Crippen LogP contribution in [0.2, 0.25) is 0 Å². The number of ether oxygens (including phenoxy) is 1. The fraction of sp³-hybridized carbons (Fsp3) is 0.438. The van der Waals surface area contributed by atoms with Gasteiger partial charge in [-0.1, -0.05) is 6.42 Å². The molecule has 0 aliphatic carbocycles. The van der Waals surface area contributed by atoms with E-state index in [1.54, 1.807) is 31.5 Å². The molecule has 0 aliphatic rings. The highest BCUT2D eigenvalue weighted by molar-refractivity contribution is 5.89. The zero-order chi connectivity index (χ0) is 16.2. The standard InChI is InChI=1S/C16H22N2O4/c1-2-22-16(21)8-4-3-5-10-18-14(11-15(19)20)13-7-6-9-17-12-13/h6-7,9,11-12,18H,2-5,8,10H2,1H3,(H,19,20). The fourth-order valence-corrected chi connectivity index (χ4v) is 1.91. The van der Waals surface area contributed by atoms with Gasteiger partial charge in [-0.3, -0.25) is 9.78 Å². The van der Waals surface area contributed by atoms with Crippen molar-refractivity contribution in [3.8, 4) is 0 Å². The number of carbonyl (C=O) groups is 2. The van der Waals surface area contributed by atoms with Gasteiger partial charge in [0.15, 0.2) is 0 Å². The Morgan fingerprint density at radius 2 is 2.18 bits per heavy atom. The van der Waals surface area contributed by atoms with E-state index in [2.05, 4.69) is 10.3 Å². The maximum Gasteiger partial charge on any atom is 0.330 e. The Hall–Kier alpha value is -2.37. The molecule has 120 valence electrons. The van der Waals surface area contributed by atoms with Gasteiger partial charge in [0.2, 0.25) is 0 Å². The Kier molecular flexibility index (Phi) is 8.33. The summed E-state index contributed by atoms with van der Waals surface area (Å²) in [7, 11) is 0. The van der Waals surface area contributed by atoms with Gasteiger partial charge in [0.25, 0.3) is 0 Å². The molecular weight excluding hydrogens is 284 g/mol. The zero-order valence-corrected chi connectivity index (χ0v) is 12.7. The molecule has 1 aromatic rings. The minimum Gasteiger partial charge on any atom is -0.478 e. The summed E-state index contributed by atoms with van der Waals surface area (Å²) < 4.78 is 4.85. The van der Waals surface area contributed by atoms with E-state index < -0.39 is 5.97 Å². The van der Waals surface area contributed by atoms with E-state index >= 15 is 0 Å². The molecule has 0 saturated heterocycles. The third-order valence-corrected chi connectivity index (χ3v) is 2.92. The largest absolute Gasteiger partial charge is 0.478 e. The summed E-state index contributed by atoms with van der Waals surface area (Å²) in [5.74, 6) is -1.18. The van der Waals surface area contributed by atoms with E-state index in [9.17, 15) is 9.59 Å². The zero-order valence-electron chi connectivity index (χ0n) is 12.7. The lowest BCUT2D eigenvalue weighted by Crippen LogP contribution is -2.15.